The smallest absolute Gasteiger partial charge is 0.258 e. The third kappa shape index (κ3) is 2.23. The second kappa shape index (κ2) is 5.77. The molecule has 0 aliphatic heterocycles. The van der Waals surface area contributed by atoms with Crippen LogP contribution in [0.4, 0.5) is 5.69 Å². The topological polar surface area (TPSA) is 43.1 Å². The Balaban J connectivity index is 1.75. The second-order valence-electron chi connectivity index (χ2n) is 7.87. The quantitative estimate of drug-likeness (QED) is 0.292. The van der Waals surface area contributed by atoms with Crippen LogP contribution in [-0.4, -0.2) is 4.92 Å². The molecule has 0 fully saturated rings. The maximum absolute atomic E-state index is 11.4. The summed E-state index contributed by atoms with van der Waals surface area (Å²) in [5, 5.41) is 13.7. The van der Waals surface area contributed by atoms with Crippen LogP contribution in [-0.2, 0) is 5.41 Å². The molecule has 1 aliphatic carbocycles. The van der Waals surface area contributed by atoms with Gasteiger partial charge >= 0.3 is 0 Å². The monoisotopic (exact) mass is 365 g/mol. The summed E-state index contributed by atoms with van der Waals surface area (Å²) < 4.78 is 0. The fourth-order valence-electron chi connectivity index (χ4n) is 4.67. The summed E-state index contributed by atoms with van der Waals surface area (Å²) in [5.74, 6) is 0. The lowest BCUT2D eigenvalue weighted by atomic mass is 9.80. The summed E-state index contributed by atoms with van der Waals surface area (Å²) >= 11 is 0. The molecule has 28 heavy (non-hydrogen) atoms. The third-order valence-corrected chi connectivity index (χ3v) is 5.95. The molecular formula is C25H19NO2. The predicted molar refractivity (Wildman–Crippen MR) is 114 cm³/mol. The Morgan fingerprint density at radius 1 is 0.786 bits per heavy atom. The van der Waals surface area contributed by atoms with Gasteiger partial charge in [0, 0.05) is 11.5 Å². The maximum Gasteiger partial charge on any atom is 0.277 e. The summed E-state index contributed by atoms with van der Waals surface area (Å²) in [6, 6.07) is 26.0. The van der Waals surface area contributed by atoms with E-state index in [4.69, 9.17) is 0 Å². The Hall–Kier alpha value is -3.46. The van der Waals surface area contributed by atoms with Crippen molar-refractivity contribution in [1.82, 2.24) is 0 Å². The van der Waals surface area contributed by atoms with Gasteiger partial charge in [-0.15, -0.1) is 0 Å². The van der Waals surface area contributed by atoms with Crippen LogP contribution in [0.3, 0.4) is 0 Å². The van der Waals surface area contributed by atoms with Crippen molar-refractivity contribution in [1.29, 1.82) is 0 Å². The highest BCUT2D eigenvalue weighted by molar-refractivity contribution is 5.99. The van der Waals surface area contributed by atoms with Crippen molar-refractivity contribution in [2.45, 2.75) is 19.3 Å². The van der Waals surface area contributed by atoms with Crippen molar-refractivity contribution in [3.05, 3.63) is 100 Å². The summed E-state index contributed by atoms with van der Waals surface area (Å²) in [6.07, 6.45) is 0. The number of para-hydroxylation sites is 1. The van der Waals surface area contributed by atoms with Gasteiger partial charge < -0.3 is 0 Å². The second-order valence-corrected chi connectivity index (χ2v) is 7.87. The van der Waals surface area contributed by atoms with Crippen molar-refractivity contribution < 1.29 is 4.92 Å². The summed E-state index contributed by atoms with van der Waals surface area (Å²) in [5.41, 5.74) is 6.84. The summed E-state index contributed by atoms with van der Waals surface area (Å²) in [7, 11) is 0. The first-order valence-corrected chi connectivity index (χ1v) is 9.39. The molecule has 0 amide bonds. The summed E-state index contributed by atoms with van der Waals surface area (Å²) in [6.45, 7) is 4.54. The molecule has 0 spiro atoms. The molecule has 0 atom stereocenters. The highest BCUT2D eigenvalue weighted by Crippen LogP contribution is 2.51. The number of nitrogens with zero attached hydrogens (tertiary/aromatic N) is 1. The molecule has 5 rings (SSSR count). The first-order valence-electron chi connectivity index (χ1n) is 9.39. The van der Waals surface area contributed by atoms with Gasteiger partial charge in [-0.25, -0.2) is 0 Å². The van der Waals surface area contributed by atoms with Crippen LogP contribution in [0.1, 0.15) is 25.0 Å². The molecule has 3 heteroatoms. The van der Waals surface area contributed by atoms with Crippen molar-refractivity contribution >= 4 is 16.5 Å². The van der Waals surface area contributed by atoms with Crippen molar-refractivity contribution in [3.8, 4) is 22.3 Å². The fourth-order valence-corrected chi connectivity index (χ4v) is 4.67. The van der Waals surface area contributed by atoms with E-state index >= 15 is 0 Å². The fraction of sp³-hybridized carbons (Fsp3) is 0.120. The van der Waals surface area contributed by atoms with Crippen LogP contribution >= 0.6 is 0 Å². The van der Waals surface area contributed by atoms with Crippen LogP contribution in [0.2, 0.25) is 0 Å². The van der Waals surface area contributed by atoms with Gasteiger partial charge in [-0.05, 0) is 50.7 Å². The Kier molecular flexibility index (Phi) is 3.44. The first kappa shape index (κ1) is 16.7. The molecule has 0 saturated carbocycles. The molecular weight excluding hydrogens is 346 g/mol. The number of hydrogen-bond donors (Lipinski definition) is 0. The van der Waals surface area contributed by atoms with Crippen molar-refractivity contribution in [3.63, 3.8) is 0 Å². The molecule has 136 valence electrons. The van der Waals surface area contributed by atoms with E-state index in [-0.39, 0.29) is 16.0 Å². The van der Waals surface area contributed by atoms with Crippen LogP contribution in [0.5, 0.6) is 0 Å². The van der Waals surface area contributed by atoms with Gasteiger partial charge in [-0.3, -0.25) is 10.1 Å². The molecule has 0 aromatic heterocycles. The number of rotatable bonds is 2. The SMILES string of the molecule is CC1(C)c2ccccc2-c2ccc3cc(-c4ccccc4[N+](=O)[O-])ccc3c21. The summed E-state index contributed by atoms with van der Waals surface area (Å²) in [4.78, 5) is 11.1. The van der Waals surface area contributed by atoms with Gasteiger partial charge in [0.15, 0.2) is 0 Å². The minimum Gasteiger partial charge on any atom is -0.258 e. The molecule has 0 saturated heterocycles. The van der Waals surface area contributed by atoms with E-state index in [2.05, 4.69) is 62.4 Å². The van der Waals surface area contributed by atoms with E-state index in [9.17, 15) is 10.1 Å². The zero-order valence-electron chi connectivity index (χ0n) is 15.8. The zero-order valence-corrected chi connectivity index (χ0v) is 15.8. The molecule has 4 aromatic rings. The largest absolute Gasteiger partial charge is 0.277 e. The molecule has 4 aromatic carbocycles. The molecule has 0 unspecified atom stereocenters. The van der Waals surface area contributed by atoms with E-state index in [1.165, 1.54) is 27.6 Å². The lowest BCUT2D eigenvalue weighted by Crippen LogP contribution is -2.15. The number of nitro groups is 1. The predicted octanol–water partition coefficient (Wildman–Crippen LogP) is 6.72. The Morgan fingerprint density at radius 3 is 2.29 bits per heavy atom. The molecule has 0 radical (unpaired) electrons. The molecule has 0 heterocycles. The average Bonchev–Trinajstić information content (AvgIpc) is 2.95. The van der Waals surface area contributed by atoms with Gasteiger partial charge in [0.2, 0.25) is 0 Å². The van der Waals surface area contributed by atoms with Crippen molar-refractivity contribution in [2.24, 2.45) is 0 Å². The van der Waals surface area contributed by atoms with Gasteiger partial charge in [0.25, 0.3) is 5.69 Å². The van der Waals surface area contributed by atoms with E-state index in [1.807, 2.05) is 18.2 Å². The molecule has 0 N–H and O–H groups in total. The minimum atomic E-state index is -0.317. The minimum absolute atomic E-state index is 0.0777. The van der Waals surface area contributed by atoms with Crippen molar-refractivity contribution in [2.75, 3.05) is 0 Å². The van der Waals surface area contributed by atoms with E-state index in [1.54, 1.807) is 12.1 Å². The number of hydrogen-bond acceptors (Lipinski definition) is 2. The number of fused-ring (bicyclic) bond motifs is 5. The zero-order chi connectivity index (χ0) is 19.5. The Labute approximate surface area is 163 Å². The molecule has 1 aliphatic rings. The van der Waals surface area contributed by atoms with E-state index < -0.39 is 0 Å². The average molecular weight is 365 g/mol. The maximum atomic E-state index is 11.4. The van der Waals surface area contributed by atoms with Gasteiger partial charge in [0.05, 0.1) is 10.5 Å². The standard InChI is InChI=1S/C25H19NO2/c1-25(2)22-9-5-3-8-20(22)21-14-12-17-15-16(11-13-19(17)24(21)25)18-7-4-6-10-23(18)26(27)28/h3-15H,1-2H3. The van der Waals surface area contributed by atoms with E-state index in [0.717, 1.165) is 10.9 Å². The van der Waals surface area contributed by atoms with Crippen LogP contribution < -0.4 is 0 Å². The Bertz CT molecular complexity index is 1270. The first-order chi connectivity index (χ1) is 13.5. The Morgan fingerprint density at radius 2 is 1.50 bits per heavy atom. The lowest BCUT2D eigenvalue weighted by Gasteiger charge is -2.23. The van der Waals surface area contributed by atoms with Crippen LogP contribution in [0.25, 0.3) is 33.0 Å². The van der Waals surface area contributed by atoms with Gasteiger partial charge in [-0.2, -0.15) is 0 Å². The van der Waals surface area contributed by atoms with Gasteiger partial charge in [-0.1, -0.05) is 74.5 Å². The van der Waals surface area contributed by atoms with E-state index in [0.29, 0.717) is 5.56 Å². The molecule has 3 nitrogen and oxygen atoms in total. The highest BCUT2D eigenvalue weighted by Gasteiger charge is 2.36. The van der Waals surface area contributed by atoms with Crippen LogP contribution in [0.15, 0.2) is 78.9 Å². The normalized spacial score (nSPS) is 13.9. The highest BCUT2D eigenvalue weighted by atomic mass is 16.6. The third-order valence-electron chi connectivity index (χ3n) is 5.95. The molecule has 0 bridgehead atoms. The van der Waals surface area contributed by atoms with Gasteiger partial charge in [0.1, 0.15) is 0 Å². The number of benzene rings is 4. The number of nitro benzene ring substituents is 1. The lowest BCUT2D eigenvalue weighted by molar-refractivity contribution is -0.384. The van der Waals surface area contributed by atoms with Crippen LogP contribution in [0, 0.1) is 10.1 Å².